The van der Waals surface area contributed by atoms with Gasteiger partial charge >= 0.3 is 6.03 Å². The van der Waals surface area contributed by atoms with Gasteiger partial charge in [0.2, 0.25) is 0 Å². The predicted octanol–water partition coefficient (Wildman–Crippen LogP) is 6.51. The molecule has 3 aromatic rings. The second-order valence-electron chi connectivity index (χ2n) is 8.64. The lowest BCUT2D eigenvalue weighted by Crippen LogP contribution is -2.25. The normalized spacial score (nSPS) is 13.9. The van der Waals surface area contributed by atoms with Gasteiger partial charge in [0.15, 0.2) is 5.82 Å². The molecule has 0 radical (unpaired) electrons. The number of carbonyl (C=O) groups excluding carboxylic acids is 1. The van der Waals surface area contributed by atoms with E-state index in [2.05, 4.69) is 44.8 Å². The number of rotatable bonds is 7. The zero-order chi connectivity index (χ0) is 22.9. The van der Waals surface area contributed by atoms with Gasteiger partial charge in [0.25, 0.3) is 0 Å². The van der Waals surface area contributed by atoms with Gasteiger partial charge in [0.05, 0.1) is 5.69 Å². The molecule has 2 aromatic carbocycles. The van der Waals surface area contributed by atoms with Crippen LogP contribution >= 0.6 is 0 Å². The van der Waals surface area contributed by atoms with Crippen molar-refractivity contribution in [1.82, 2.24) is 10.2 Å². The van der Waals surface area contributed by atoms with E-state index < -0.39 is 0 Å². The monoisotopic (exact) mass is 443 g/mol. The maximum atomic E-state index is 12.5. The Balaban J connectivity index is 1.36. The van der Waals surface area contributed by atoms with Gasteiger partial charge < -0.3 is 15.5 Å². The Bertz CT molecular complexity index is 1030. The van der Waals surface area contributed by atoms with E-state index in [1.807, 2.05) is 48.5 Å². The molecule has 1 saturated heterocycles. The van der Waals surface area contributed by atoms with Gasteiger partial charge in [0.1, 0.15) is 0 Å². The summed E-state index contributed by atoms with van der Waals surface area (Å²) in [4.78, 5) is 14.8. The number of amides is 2. The summed E-state index contributed by atoms with van der Waals surface area (Å²) in [5, 5.41) is 14.7. The molecule has 1 aromatic heterocycles. The van der Waals surface area contributed by atoms with Crippen molar-refractivity contribution >= 4 is 23.2 Å². The molecule has 172 valence electrons. The number of hydrogen-bond donors (Lipinski definition) is 2. The van der Waals surface area contributed by atoms with Gasteiger partial charge in [0, 0.05) is 30.0 Å². The standard InChI is InChI=1S/C27H33N5O/c1-2-3-9-21-12-14-23(15-13-21)28-27(33)29-24-11-8-10-22(20-24)25-16-17-26(31-30-25)32-18-6-4-5-7-19-32/h8,10-17,20H,2-7,9,18-19H2,1H3,(H2,28,29,33). The average Bonchev–Trinajstić information content (AvgIpc) is 3.14. The number of unbranched alkanes of at least 4 members (excludes halogenated alkanes) is 1. The van der Waals surface area contributed by atoms with Gasteiger partial charge in [-0.3, -0.25) is 0 Å². The Labute approximate surface area is 196 Å². The third-order valence-electron chi connectivity index (χ3n) is 6.03. The predicted molar refractivity (Wildman–Crippen MR) is 136 cm³/mol. The molecule has 4 rings (SSSR count). The van der Waals surface area contributed by atoms with Crippen LogP contribution in [0.25, 0.3) is 11.3 Å². The Morgan fingerprint density at radius 3 is 2.33 bits per heavy atom. The number of urea groups is 1. The maximum absolute atomic E-state index is 12.5. The van der Waals surface area contributed by atoms with Crippen LogP contribution in [-0.2, 0) is 6.42 Å². The van der Waals surface area contributed by atoms with E-state index >= 15 is 0 Å². The minimum absolute atomic E-state index is 0.268. The van der Waals surface area contributed by atoms with Crippen LogP contribution in [0, 0.1) is 0 Å². The highest BCUT2D eigenvalue weighted by Gasteiger charge is 2.12. The highest BCUT2D eigenvalue weighted by atomic mass is 16.2. The number of anilines is 3. The van der Waals surface area contributed by atoms with E-state index in [0.29, 0.717) is 5.69 Å². The zero-order valence-electron chi connectivity index (χ0n) is 19.4. The van der Waals surface area contributed by atoms with E-state index in [1.54, 1.807) is 0 Å². The number of nitrogens with one attached hydrogen (secondary N) is 2. The molecule has 0 aliphatic carbocycles. The Hall–Kier alpha value is -3.41. The third kappa shape index (κ3) is 6.54. The van der Waals surface area contributed by atoms with Crippen molar-refractivity contribution in [3.8, 4) is 11.3 Å². The third-order valence-corrected chi connectivity index (χ3v) is 6.03. The van der Waals surface area contributed by atoms with Gasteiger partial charge in [-0.05, 0) is 67.6 Å². The molecule has 1 aliphatic heterocycles. The van der Waals surface area contributed by atoms with Crippen molar-refractivity contribution in [2.75, 3.05) is 28.6 Å². The van der Waals surface area contributed by atoms with Crippen LogP contribution in [0.2, 0.25) is 0 Å². The fourth-order valence-corrected chi connectivity index (χ4v) is 4.13. The smallest absolute Gasteiger partial charge is 0.323 e. The summed E-state index contributed by atoms with van der Waals surface area (Å²) in [6, 6.07) is 19.5. The van der Waals surface area contributed by atoms with E-state index in [0.717, 1.165) is 42.3 Å². The molecule has 0 unspecified atom stereocenters. The molecule has 0 atom stereocenters. The Morgan fingerprint density at radius 2 is 1.64 bits per heavy atom. The highest BCUT2D eigenvalue weighted by Crippen LogP contribution is 2.23. The molecule has 0 spiro atoms. The van der Waals surface area contributed by atoms with Crippen molar-refractivity contribution in [2.45, 2.75) is 51.9 Å². The van der Waals surface area contributed by atoms with Crippen LogP contribution in [0.15, 0.2) is 60.7 Å². The van der Waals surface area contributed by atoms with Crippen LogP contribution < -0.4 is 15.5 Å². The first kappa shape index (κ1) is 22.8. The first-order chi connectivity index (χ1) is 16.2. The van der Waals surface area contributed by atoms with Crippen LogP contribution in [0.4, 0.5) is 22.0 Å². The van der Waals surface area contributed by atoms with Crippen molar-refractivity contribution in [3.05, 3.63) is 66.2 Å². The molecule has 2 heterocycles. The number of aryl methyl sites for hydroxylation is 1. The summed E-state index contributed by atoms with van der Waals surface area (Å²) < 4.78 is 0. The van der Waals surface area contributed by atoms with Gasteiger partial charge in [-0.15, -0.1) is 10.2 Å². The van der Waals surface area contributed by atoms with Crippen molar-refractivity contribution < 1.29 is 4.79 Å². The summed E-state index contributed by atoms with van der Waals surface area (Å²) in [6.45, 7) is 4.28. The van der Waals surface area contributed by atoms with Crippen LogP contribution in [0.5, 0.6) is 0 Å². The molecular weight excluding hydrogens is 410 g/mol. The second-order valence-corrected chi connectivity index (χ2v) is 8.64. The van der Waals surface area contributed by atoms with Gasteiger partial charge in [-0.25, -0.2) is 4.79 Å². The number of hydrogen-bond acceptors (Lipinski definition) is 4. The summed E-state index contributed by atoms with van der Waals surface area (Å²) in [6.07, 6.45) is 8.42. The fraction of sp³-hybridized carbons (Fsp3) is 0.370. The van der Waals surface area contributed by atoms with E-state index in [4.69, 9.17) is 0 Å². The SMILES string of the molecule is CCCCc1ccc(NC(=O)Nc2cccc(-c3ccc(N4CCCCCC4)nn3)c2)cc1. The zero-order valence-corrected chi connectivity index (χ0v) is 19.4. The van der Waals surface area contributed by atoms with Crippen molar-refractivity contribution in [1.29, 1.82) is 0 Å². The number of aromatic nitrogens is 2. The molecule has 2 N–H and O–H groups in total. The molecule has 0 saturated carbocycles. The van der Waals surface area contributed by atoms with Crippen LogP contribution in [0.3, 0.4) is 0 Å². The fourth-order valence-electron chi connectivity index (χ4n) is 4.13. The number of carbonyl (C=O) groups is 1. The van der Waals surface area contributed by atoms with Crippen LogP contribution in [-0.4, -0.2) is 29.3 Å². The van der Waals surface area contributed by atoms with Crippen molar-refractivity contribution in [2.24, 2.45) is 0 Å². The average molecular weight is 444 g/mol. The van der Waals surface area contributed by atoms with Gasteiger partial charge in [-0.2, -0.15) is 0 Å². The molecule has 6 heteroatoms. The number of benzene rings is 2. The summed E-state index contributed by atoms with van der Waals surface area (Å²) in [5.74, 6) is 0.940. The number of nitrogens with zero attached hydrogens (tertiary/aromatic N) is 3. The van der Waals surface area contributed by atoms with E-state index in [9.17, 15) is 4.79 Å². The van der Waals surface area contributed by atoms with E-state index in [1.165, 1.54) is 44.1 Å². The highest BCUT2D eigenvalue weighted by molar-refractivity contribution is 6.00. The largest absolute Gasteiger partial charge is 0.355 e. The lowest BCUT2D eigenvalue weighted by atomic mass is 10.1. The summed E-state index contributed by atoms with van der Waals surface area (Å²) in [5.41, 5.74) is 4.49. The minimum atomic E-state index is -0.268. The molecular formula is C27H33N5O. The molecule has 1 fully saturated rings. The topological polar surface area (TPSA) is 70.2 Å². The second kappa shape index (κ2) is 11.5. The molecule has 1 aliphatic rings. The Morgan fingerprint density at radius 1 is 0.879 bits per heavy atom. The Kier molecular flexibility index (Phi) is 7.90. The molecule has 6 nitrogen and oxygen atoms in total. The first-order valence-electron chi connectivity index (χ1n) is 12.1. The minimum Gasteiger partial charge on any atom is -0.355 e. The summed E-state index contributed by atoms with van der Waals surface area (Å²) in [7, 11) is 0. The quantitative estimate of drug-likeness (QED) is 0.437. The molecule has 33 heavy (non-hydrogen) atoms. The molecule has 2 amide bonds. The van der Waals surface area contributed by atoms with E-state index in [-0.39, 0.29) is 6.03 Å². The summed E-state index contributed by atoms with van der Waals surface area (Å²) >= 11 is 0. The molecule has 0 bridgehead atoms. The lowest BCUT2D eigenvalue weighted by Gasteiger charge is -2.20. The van der Waals surface area contributed by atoms with Crippen molar-refractivity contribution in [3.63, 3.8) is 0 Å². The van der Waals surface area contributed by atoms with Gasteiger partial charge in [-0.1, -0.05) is 50.5 Å². The first-order valence-corrected chi connectivity index (χ1v) is 12.1. The van der Waals surface area contributed by atoms with Crippen LogP contribution in [0.1, 0.15) is 51.0 Å². The maximum Gasteiger partial charge on any atom is 0.323 e. The lowest BCUT2D eigenvalue weighted by molar-refractivity contribution is 0.262.